The largest absolute Gasteiger partial charge is 0.265 e. The molecule has 0 fully saturated rings. The van der Waals surface area contributed by atoms with Crippen molar-refractivity contribution in [1.82, 2.24) is 4.98 Å². The van der Waals surface area contributed by atoms with Crippen LogP contribution < -0.4 is 4.57 Å². The minimum absolute atomic E-state index is 1.16. The molecule has 0 bridgehead atoms. The van der Waals surface area contributed by atoms with Crippen molar-refractivity contribution in [2.24, 2.45) is 7.05 Å². The van der Waals surface area contributed by atoms with Crippen LogP contribution in [0.5, 0.6) is 0 Å². The summed E-state index contributed by atoms with van der Waals surface area (Å²) in [6, 6.07) is 14.6. The summed E-state index contributed by atoms with van der Waals surface area (Å²) < 4.78 is 2.14. The normalized spacial score (nSPS) is 11.2. The lowest BCUT2D eigenvalue weighted by Gasteiger charge is -2.00. The average molecular weight is 247 g/mol. The van der Waals surface area contributed by atoms with Gasteiger partial charge in [-0.05, 0) is 29.3 Å². The van der Waals surface area contributed by atoms with Crippen molar-refractivity contribution in [3.05, 3.63) is 72.2 Å². The Balaban J connectivity index is 2.07. The van der Waals surface area contributed by atoms with Gasteiger partial charge in [-0.1, -0.05) is 24.3 Å². The van der Waals surface area contributed by atoms with E-state index in [-0.39, 0.29) is 0 Å². The highest BCUT2D eigenvalue weighted by Gasteiger charge is 2.06. The van der Waals surface area contributed by atoms with Crippen molar-refractivity contribution < 1.29 is 4.57 Å². The van der Waals surface area contributed by atoms with Crippen molar-refractivity contribution in [3.8, 4) is 0 Å². The second-order valence-electron chi connectivity index (χ2n) is 4.51. The van der Waals surface area contributed by atoms with Crippen molar-refractivity contribution >= 4 is 23.1 Å². The van der Waals surface area contributed by atoms with Crippen LogP contribution in [0.2, 0.25) is 0 Å². The molecule has 0 aliphatic carbocycles. The zero-order valence-corrected chi connectivity index (χ0v) is 10.8. The molecule has 19 heavy (non-hydrogen) atoms. The number of rotatable bonds is 2. The van der Waals surface area contributed by atoms with Gasteiger partial charge in [0, 0.05) is 24.5 Å². The summed E-state index contributed by atoms with van der Waals surface area (Å²) in [4.78, 5) is 4.02. The number of benzene rings is 1. The first-order chi connectivity index (χ1) is 9.34. The molecule has 2 aromatic heterocycles. The third-order valence-electron chi connectivity index (χ3n) is 3.23. The molecule has 0 atom stereocenters. The Morgan fingerprint density at radius 2 is 1.74 bits per heavy atom. The minimum Gasteiger partial charge on any atom is -0.265 e. The Morgan fingerprint density at radius 3 is 2.58 bits per heavy atom. The number of aromatic nitrogens is 2. The SMILES string of the molecule is C[n+]1ccc(/C=C/c2ccncc2)c2ccccc21. The van der Waals surface area contributed by atoms with Crippen LogP contribution in [0.4, 0.5) is 0 Å². The predicted molar refractivity (Wildman–Crippen MR) is 78.3 cm³/mol. The first-order valence-corrected chi connectivity index (χ1v) is 6.30. The standard InChI is InChI=1S/C17H15N2/c1-19-13-10-15(16-4-2-3-5-17(16)19)7-6-14-8-11-18-12-9-14/h2-13H,1H3/q+1/b7-6+. The van der Waals surface area contributed by atoms with Gasteiger partial charge in [-0.3, -0.25) is 4.98 Å². The van der Waals surface area contributed by atoms with Crippen molar-refractivity contribution in [2.45, 2.75) is 0 Å². The monoisotopic (exact) mass is 247 g/mol. The maximum atomic E-state index is 4.02. The van der Waals surface area contributed by atoms with Crippen LogP contribution in [0, 0.1) is 0 Å². The molecular weight excluding hydrogens is 232 g/mol. The fourth-order valence-electron chi connectivity index (χ4n) is 2.19. The van der Waals surface area contributed by atoms with Crippen molar-refractivity contribution in [3.63, 3.8) is 0 Å². The quantitative estimate of drug-likeness (QED) is 0.635. The molecule has 0 unspecified atom stereocenters. The van der Waals surface area contributed by atoms with E-state index in [1.54, 1.807) is 0 Å². The summed E-state index contributed by atoms with van der Waals surface area (Å²) in [5.74, 6) is 0. The Kier molecular flexibility index (Phi) is 3.07. The molecular formula is C17H15N2+. The number of aryl methyl sites for hydroxylation is 1. The van der Waals surface area contributed by atoms with Gasteiger partial charge < -0.3 is 0 Å². The summed E-state index contributed by atoms with van der Waals surface area (Å²) in [5.41, 5.74) is 3.62. The van der Waals surface area contributed by atoms with Crippen LogP contribution >= 0.6 is 0 Å². The van der Waals surface area contributed by atoms with Crippen molar-refractivity contribution in [2.75, 3.05) is 0 Å². The Labute approximate surface area is 112 Å². The lowest BCUT2D eigenvalue weighted by molar-refractivity contribution is -0.644. The van der Waals surface area contributed by atoms with Gasteiger partial charge in [0.1, 0.15) is 7.05 Å². The van der Waals surface area contributed by atoms with Gasteiger partial charge in [-0.25, -0.2) is 4.57 Å². The molecule has 1 aromatic carbocycles. The summed E-state index contributed by atoms with van der Waals surface area (Å²) in [7, 11) is 2.07. The van der Waals surface area contributed by atoms with E-state index in [4.69, 9.17) is 0 Å². The van der Waals surface area contributed by atoms with Gasteiger partial charge in [0.05, 0.1) is 5.39 Å². The van der Waals surface area contributed by atoms with Gasteiger partial charge >= 0.3 is 0 Å². The molecule has 2 heteroatoms. The molecule has 2 nitrogen and oxygen atoms in total. The molecule has 3 aromatic rings. The second kappa shape index (κ2) is 5.02. The maximum absolute atomic E-state index is 4.02. The number of hydrogen-bond acceptors (Lipinski definition) is 1. The van der Waals surface area contributed by atoms with Crippen LogP contribution in [0.15, 0.2) is 61.1 Å². The molecule has 2 heterocycles. The third-order valence-corrected chi connectivity index (χ3v) is 3.23. The molecule has 0 aliphatic rings. The van der Waals surface area contributed by atoms with Crippen LogP contribution in [0.1, 0.15) is 11.1 Å². The molecule has 0 saturated carbocycles. The third kappa shape index (κ3) is 2.38. The van der Waals surface area contributed by atoms with E-state index in [0.717, 1.165) is 5.56 Å². The van der Waals surface area contributed by atoms with E-state index in [9.17, 15) is 0 Å². The zero-order chi connectivity index (χ0) is 13.1. The van der Waals surface area contributed by atoms with Gasteiger partial charge in [0.15, 0.2) is 6.20 Å². The summed E-state index contributed by atoms with van der Waals surface area (Å²) in [6.07, 6.45) is 9.97. The molecule has 92 valence electrons. The van der Waals surface area contributed by atoms with E-state index in [0.29, 0.717) is 0 Å². The highest BCUT2D eigenvalue weighted by molar-refractivity contribution is 5.88. The van der Waals surface area contributed by atoms with Gasteiger partial charge in [0.2, 0.25) is 5.52 Å². The number of pyridine rings is 2. The molecule has 0 saturated heterocycles. The van der Waals surface area contributed by atoms with Gasteiger partial charge in [-0.2, -0.15) is 0 Å². The van der Waals surface area contributed by atoms with E-state index in [2.05, 4.69) is 65.3 Å². The smallest absolute Gasteiger partial charge is 0.212 e. The van der Waals surface area contributed by atoms with E-state index >= 15 is 0 Å². The second-order valence-corrected chi connectivity index (χ2v) is 4.51. The van der Waals surface area contributed by atoms with Gasteiger partial charge in [-0.15, -0.1) is 0 Å². The first-order valence-electron chi connectivity index (χ1n) is 6.30. The molecule has 0 aliphatic heterocycles. The maximum Gasteiger partial charge on any atom is 0.212 e. The first kappa shape index (κ1) is 11.6. The molecule has 0 radical (unpaired) electrons. The molecule has 0 N–H and O–H groups in total. The highest BCUT2D eigenvalue weighted by atomic mass is 14.9. The van der Waals surface area contributed by atoms with Crippen LogP contribution in [-0.4, -0.2) is 4.98 Å². The van der Waals surface area contributed by atoms with E-state index < -0.39 is 0 Å². The van der Waals surface area contributed by atoms with Crippen LogP contribution in [0.25, 0.3) is 23.1 Å². The topological polar surface area (TPSA) is 16.8 Å². The van der Waals surface area contributed by atoms with E-state index in [1.807, 2.05) is 24.5 Å². The number of para-hydroxylation sites is 1. The lowest BCUT2D eigenvalue weighted by Crippen LogP contribution is -2.28. The Morgan fingerprint density at radius 1 is 0.947 bits per heavy atom. The van der Waals surface area contributed by atoms with Crippen LogP contribution in [0.3, 0.4) is 0 Å². The number of hydrogen-bond donors (Lipinski definition) is 0. The summed E-state index contributed by atoms with van der Waals surface area (Å²) in [6.45, 7) is 0. The molecule has 0 amide bonds. The number of nitrogens with zero attached hydrogens (tertiary/aromatic N) is 2. The predicted octanol–water partition coefficient (Wildman–Crippen LogP) is 3.23. The van der Waals surface area contributed by atoms with E-state index in [1.165, 1.54) is 16.5 Å². The molecule has 3 rings (SSSR count). The average Bonchev–Trinajstić information content (AvgIpc) is 2.48. The Hall–Kier alpha value is -2.48. The van der Waals surface area contributed by atoms with Gasteiger partial charge in [0.25, 0.3) is 0 Å². The highest BCUT2D eigenvalue weighted by Crippen LogP contribution is 2.17. The van der Waals surface area contributed by atoms with Crippen molar-refractivity contribution in [1.29, 1.82) is 0 Å². The zero-order valence-electron chi connectivity index (χ0n) is 10.8. The fraction of sp³-hybridized carbons (Fsp3) is 0.0588. The summed E-state index contributed by atoms with van der Waals surface area (Å²) in [5, 5.41) is 1.26. The lowest BCUT2D eigenvalue weighted by atomic mass is 10.1. The Bertz CT molecular complexity index is 731. The number of fused-ring (bicyclic) bond motifs is 1. The summed E-state index contributed by atoms with van der Waals surface area (Å²) >= 11 is 0. The van der Waals surface area contributed by atoms with Crippen LogP contribution in [-0.2, 0) is 7.05 Å². The minimum atomic E-state index is 1.16. The fourth-order valence-corrected chi connectivity index (χ4v) is 2.19. The molecule has 0 spiro atoms.